The molecule has 0 saturated carbocycles. The maximum absolute atomic E-state index is 12.7. The lowest BCUT2D eigenvalue weighted by molar-refractivity contribution is 0.151. The second-order valence-corrected chi connectivity index (χ2v) is 5.18. The Balaban J connectivity index is 2.24. The highest BCUT2D eigenvalue weighted by molar-refractivity contribution is 9.10. The Labute approximate surface area is 124 Å². The second-order valence-electron chi connectivity index (χ2n) is 4.33. The molecule has 0 radical (unpaired) electrons. The number of alkyl halides is 2. The first-order valence-corrected chi connectivity index (χ1v) is 6.91. The highest BCUT2D eigenvalue weighted by atomic mass is 79.9. The van der Waals surface area contributed by atoms with Gasteiger partial charge in [-0.2, -0.15) is 0 Å². The van der Waals surface area contributed by atoms with E-state index in [1.54, 1.807) is 12.1 Å². The summed E-state index contributed by atoms with van der Waals surface area (Å²) in [4.78, 5) is 0. The number of aliphatic hydroxyl groups excluding tert-OH is 1. The summed E-state index contributed by atoms with van der Waals surface area (Å²) in [6, 6.07) is 13.1. The van der Waals surface area contributed by atoms with Gasteiger partial charge in [0, 0.05) is 15.7 Å². The van der Waals surface area contributed by atoms with Gasteiger partial charge in [-0.05, 0) is 39.7 Å². The molecular weight excluding hydrogens is 328 g/mol. The van der Waals surface area contributed by atoms with Crippen LogP contribution >= 0.6 is 15.9 Å². The van der Waals surface area contributed by atoms with Gasteiger partial charge < -0.3 is 10.4 Å². The number of hydrogen-bond acceptors (Lipinski definition) is 2. The van der Waals surface area contributed by atoms with E-state index in [1.165, 1.54) is 12.1 Å². The van der Waals surface area contributed by atoms with Crippen LogP contribution in [0.4, 0.5) is 14.5 Å². The van der Waals surface area contributed by atoms with Crippen molar-refractivity contribution in [3.63, 3.8) is 0 Å². The van der Waals surface area contributed by atoms with Gasteiger partial charge in [-0.3, -0.25) is 0 Å². The minimum absolute atomic E-state index is 0.0464. The Morgan fingerprint density at radius 2 is 1.75 bits per heavy atom. The molecule has 2 aromatic rings. The van der Waals surface area contributed by atoms with Gasteiger partial charge in [0.15, 0.2) is 0 Å². The van der Waals surface area contributed by atoms with Crippen molar-refractivity contribution in [1.82, 2.24) is 0 Å². The fourth-order valence-corrected chi connectivity index (χ4v) is 2.31. The molecule has 5 heteroatoms. The molecule has 2 nitrogen and oxygen atoms in total. The third-order valence-electron chi connectivity index (χ3n) is 2.95. The molecule has 0 fully saturated rings. The lowest BCUT2D eigenvalue weighted by Gasteiger charge is -2.19. The molecule has 0 spiro atoms. The van der Waals surface area contributed by atoms with Gasteiger partial charge in [0.05, 0.1) is 12.6 Å². The van der Waals surface area contributed by atoms with Crippen LogP contribution in [-0.4, -0.2) is 11.7 Å². The average molecular weight is 342 g/mol. The van der Waals surface area contributed by atoms with Crippen molar-refractivity contribution in [2.24, 2.45) is 0 Å². The number of nitrogens with one attached hydrogen (secondary N) is 1. The van der Waals surface area contributed by atoms with Gasteiger partial charge in [0.1, 0.15) is 0 Å². The van der Waals surface area contributed by atoms with E-state index in [-0.39, 0.29) is 12.2 Å². The largest absolute Gasteiger partial charge is 0.394 e. The Hall–Kier alpha value is -1.46. The number of rotatable bonds is 5. The summed E-state index contributed by atoms with van der Waals surface area (Å²) in [6.07, 6.45) is -2.52. The fourth-order valence-electron chi connectivity index (χ4n) is 1.91. The summed E-state index contributed by atoms with van der Waals surface area (Å²) in [5.74, 6) is 0. The van der Waals surface area contributed by atoms with Crippen LogP contribution < -0.4 is 5.32 Å². The summed E-state index contributed by atoms with van der Waals surface area (Å²) >= 11 is 3.40. The molecule has 0 heterocycles. The molecule has 2 rings (SSSR count). The molecule has 0 aliphatic rings. The maximum Gasteiger partial charge on any atom is 0.263 e. The van der Waals surface area contributed by atoms with Crippen molar-refractivity contribution in [2.75, 3.05) is 11.9 Å². The minimum atomic E-state index is -2.52. The molecule has 0 aromatic heterocycles. The maximum atomic E-state index is 12.7. The molecule has 1 atom stereocenters. The van der Waals surface area contributed by atoms with E-state index in [0.717, 1.165) is 10.2 Å². The number of hydrogen-bond donors (Lipinski definition) is 2. The summed E-state index contributed by atoms with van der Waals surface area (Å²) in [5.41, 5.74) is 1.38. The first-order chi connectivity index (χ1) is 9.61. The molecule has 20 heavy (non-hydrogen) atoms. The molecule has 2 N–H and O–H groups in total. The quantitative estimate of drug-likeness (QED) is 0.837. The molecular formula is C15H14BrF2NO. The van der Waals surface area contributed by atoms with Crippen molar-refractivity contribution >= 4 is 21.6 Å². The third kappa shape index (κ3) is 3.55. The number of benzene rings is 2. The Morgan fingerprint density at radius 3 is 2.40 bits per heavy atom. The topological polar surface area (TPSA) is 32.3 Å². The third-order valence-corrected chi connectivity index (χ3v) is 3.64. The van der Waals surface area contributed by atoms with Gasteiger partial charge in [-0.1, -0.05) is 30.3 Å². The van der Waals surface area contributed by atoms with Crippen LogP contribution in [0.5, 0.6) is 0 Å². The van der Waals surface area contributed by atoms with E-state index in [0.29, 0.717) is 5.56 Å². The average Bonchev–Trinajstić information content (AvgIpc) is 2.46. The summed E-state index contributed by atoms with van der Waals surface area (Å²) in [6.45, 7) is -0.186. The zero-order valence-corrected chi connectivity index (χ0v) is 12.1. The standard InChI is InChI=1S/C15H14BrF2NO/c16-12-6-1-2-7-13(12)19-14(9-20)10-4-3-5-11(8-10)15(17)18/h1-8,14-15,19-20H,9H2. The summed E-state index contributed by atoms with van der Waals surface area (Å²) in [5, 5.41) is 12.6. The zero-order valence-electron chi connectivity index (χ0n) is 10.6. The lowest BCUT2D eigenvalue weighted by atomic mass is 10.0. The molecule has 0 aliphatic carbocycles. The van der Waals surface area contributed by atoms with Crippen molar-refractivity contribution in [2.45, 2.75) is 12.5 Å². The predicted octanol–water partition coefficient (Wildman–Crippen LogP) is 4.53. The Morgan fingerprint density at radius 1 is 1.05 bits per heavy atom. The van der Waals surface area contributed by atoms with Gasteiger partial charge >= 0.3 is 0 Å². The van der Waals surface area contributed by atoms with Crippen LogP contribution in [0.15, 0.2) is 53.0 Å². The van der Waals surface area contributed by atoms with E-state index < -0.39 is 12.5 Å². The van der Waals surface area contributed by atoms with Crippen LogP contribution in [0.1, 0.15) is 23.6 Å². The van der Waals surface area contributed by atoms with E-state index >= 15 is 0 Å². The number of para-hydroxylation sites is 1. The smallest absolute Gasteiger partial charge is 0.263 e. The van der Waals surface area contributed by atoms with Crippen molar-refractivity contribution in [3.8, 4) is 0 Å². The minimum Gasteiger partial charge on any atom is -0.394 e. The summed E-state index contributed by atoms with van der Waals surface area (Å²) in [7, 11) is 0. The molecule has 0 bridgehead atoms. The second kappa shape index (κ2) is 6.81. The normalized spacial score (nSPS) is 12.4. The van der Waals surface area contributed by atoms with Crippen LogP contribution in [-0.2, 0) is 0 Å². The van der Waals surface area contributed by atoms with Crippen molar-refractivity contribution < 1.29 is 13.9 Å². The van der Waals surface area contributed by atoms with E-state index in [9.17, 15) is 13.9 Å². The molecule has 2 aromatic carbocycles. The van der Waals surface area contributed by atoms with Gasteiger partial charge in [0.25, 0.3) is 6.43 Å². The number of aliphatic hydroxyl groups is 1. The van der Waals surface area contributed by atoms with Gasteiger partial charge in [-0.15, -0.1) is 0 Å². The van der Waals surface area contributed by atoms with Crippen molar-refractivity contribution in [1.29, 1.82) is 0 Å². The SMILES string of the molecule is OCC(Nc1ccccc1Br)c1cccc(C(F)F)c1. The molecule has 0 saturated heterocycles. The summed E-state index contributed by atoms with van der Waals surface area (Å²) < 4.78 is 26.3. The molecule has 0 amide bonds. The highest BCUT2D eigenvalue weighted by Crippen LogP contribution is 2.28. The number of halogens is 3. The van der Waals surface area contributed by atoms with E-state index in [1.807, 2.05) is 24.3 Å². The fraction of sp³-hybridized carbons (Fsp3) is 0.200. The molecule has 0 aliphatic heterocycles. The van der Waals surface area contributed by atoms with E-state index in [4.69, 9.17) is 0 Å². The molecule has 106 valence electrons. The zero-order chi connectivity index (χ0) is 14.5. The Kier molecular flexibility index (Phi) is 5.09. The predicted molar refractivity (Wildman–Crippen MR) is 79.0 cm³/mol. The van der Waals surface area contributed by atoms with Gasteiger partial charge in [0.2, 0.25) is 0 Å². The van der Waals surface area contributed by atoms with Crippen LogP contribution in [0.25, 0.3) is 0 Å². The molecule has 1 unspecified atom stereocenters. The first kappa shape index (κ1) is 14.9. The van der Waals surface area contributed by atoms with E-state index in [2.05, 4.69) is 21.2 Å². The first-order valence-electron chi connectivity index (χ1n) is 6.11. The Bertz CT molecular complexity index is 577. The number of anilines is 1. The highest BCUT2D eigenvalue weighted by Gasteiger charge is 2.14. The lowest BCUT2D eigenvalue weighted by Crippen LogP contribution is -2.15. The van der Waals surface area contributed by atoms with Crippen LogP contribution in [0.2, 0.25) is 0 Å². The van der Waals surface area contributed by atoms with Crippen molar-refractivity contribution in [3.05, 3.63) is 64.1 Å². The van der Waals surface area contributed by atoms with Gasteiger partial charge in [-0.25, -0.2) is 8.78 Å². The monoisotopic (exact) mass is 341 g/mol. The van der Waals surface area contributed by atoms with Crippen LogP contribution in [0, 0.1) is 0 Å². The van der Waals surface area contributed by atoms with Crippen LogP contribution in [0.3, 0.4) is 0 Å².